The van der Waals surface area contributed by atoms with Crippen LogP contribution in [0.3, 0.4) is 0 Å². The van der Waals surface area contributed by atoms with Crippen LogP contribution in [0.2, 0.25) is 0 Å². The van der Waals surface area contributed by atoms with Crippen molar-refractivity contribution in [2.24, 2.45) is 5.92 Å². The second-order valence-corrected chi connectivity index (χ2v) is 6.11. The summed E-state index contributed by atoms with van der Waals surface area (Å²) in [4.78, 5) is 30.4. The van der Waals surface area contributed by atoms with E-state index in [-0.39, 0.29) is 5.56 Å². The predicted molar refractivity (Wildman–Crippen MR) is 97.8 cm³/mol. The quantitative estimate of drug-likeness (QED) is 0.677. The molecule has 0 saturated heterocycles. The maximum atomic E-state index is 12.5. The number of aromatic amines is 1. The Morgan fingerprint density at radius 1 is 1.24 bits per heavy atom. The molecule has 0 saturated carbocycles. The third-order valence-electron chi connectivity index (χ3n) is 3.65. The predicted octanol–water partition coefficient (Wildman–Crippen LogP) is 3.19. The molecular formula is C19H19N3O3. The minimum atomic E-state index is -0.270. The van der Waals surface area contributed by atoms with Gasteiger partial charge in [-0.05, 0) is 36.2 Å². The summed E-state index contributed by atoms with van der Waals surface area (Å²) in [6.07, 6.45) is 0.569. The van der Waals surface area contributed by atoms with Crippen LogP contribution in [0.15, 0.2) is 47.3 Å². The van der Waals surface area contributed by atoms with Gasteiger partial charge < -0.3 is 15.0 Å². The minimum absolute atomic E-state index is 0.270. The Morgan fingerprint density at radius 2 is 2.04 bits per heavy atom. The van der Waals surface area contributed by atoms with Crippen LogP contribution in [0.5, 0.6) is 5.75 Å². The van der Waals surface area contributed by atoms with Crippen molar-refractivity contribution < 1.29 is 9.53 Å². The summed E-state index contributed by atoms with van der Waals surface area (Å²) in [5.41, 5.74) is 1.56. The van der Waals surface area contributed by atoms with E-state index in [0.717, 1.165) is 5.56 Å². The van der Waals surface area contributed by atoms with Crippen molar-refractivity contribution in [2.75, 3.05) is 11.9 Å². The highest BCUT2D eigenvalue weighted by Gasteiger charge is 2.11. The zero-order valence-electron chi connectivity index (χ0n) is 14.1. The van der Waals surface area contributed by atoms with Crippen LogP contribution < -0.4 is 15.6 Å². The molecule has 0 aliphatic rings. The van der Waals surface area contributed by atoms with Gasteiger partial charge in [0, 0.05) is 5.69 Å². The maximum Gasteiger partial charge on any atom is 0.259 e. The Balaban J connectivity index is 2.07. The summed E-state index contributed by atoms with van der Waals surface area (Å²) < 4.78 is 5.85. The molecule has 0 radical (unpaired) electrons. The molecule has 128 valence electrons. The number of nitrogens with zero attached hydrogens (tertiary/aromatic N) is 1. The number of ether oxygens (including phenoxy) is 1. The normalized spacial score (nSPS) is 10.8. The Morgan fingerprint density at radius 3 is 2.80 bits per heavy atom. The number of anilines is 1. The third kappa shape index (κ3) is 3.68. The summed E-state index contributed by atoms with van der Waals surface area (Å²) in [7, 11) is 0. The van der Waals surface area contributed by atoms with Crippen molar-refractivity contribution in [3.05, 3.63) is 52.8 Å². The van der Waals surface area contributed by atoms with E-state index in [1.54, 1.807) is 18.2 Å². The van der Waals surface area contributed by atoms with Crippen molar-refractivity contribution in [2.45, 2.75) is 13.8 Å². The first kappa shape index (κ1) is 16.7. The number of aromatic nitrogens is 2. The van der Waals surface area contributed by atoms with E-state index in [2.05, 4.69) is 29.1 Å². The van der Waals surface area contributed by atoms with Gasteiger partial charge in [0.15, 0.2) is 0 Å². The number of benzene rings is 2. The highest BCUT2D eigenvalue weighted by Crippen LogP contribution is 2.28. The van der Waals surface area contributed by atoms with Gasteiger partial charge in [-0.2, -0.15) is 0 Å². The van der Waals surface area contributed by atoms with Crippen LogP contribution in [0.1, 0.15) is 13.8 Å². The van der Waals surface area contributed by atoms with Gasteiger partial charge in [0.2, 0.25) is 6.41 Å². The van der Waals surface area contributed by atoms with Gasteiger partial charge >= 0.3 is 0 Å². The highest BCUT2D eigenvalue weighted by molar-refractivity contribution is 5.86. The van der Waals surface area contributed by atoms with Crippen LogP contribution in [0.25, 0.3) is 22.3 Å². The first-order chi connectivity index (χ1) is 12.1. The van der Waals surface area contributed by atoms with Crippen LogP contribution in [0, 0.1) is 5.92 Å². The van der Waals surface area contributed by atoms with E-state index in [1.807, 2.05) is 24.3 Å². The van der Waals surface area contributed by atoms with Crippen LogP contribution in [0.4, 0.5) is 5.69 Å². The molecule has 25 heavy (non-hydrogen) atoms. The van der Waals surface area contributed by atoms with Crippen molar-refractivity contribution in [3.8, 4) is 17.1 Å². The Bertz CT molecular complexity index is 964. The lowest BCUT2D eigenvalue weighted by molar-refractivity contribution is -0.105. The second-order valence-electron chi connectivity index (χ2n) is 6.11. The zero-order valence-corrected chi connectivity index (χ0v) is 14.1. The third-order valence-corrected chi connectivity index (χ3v) is 3.65. The lowest BCUT2D eigenvalue weighted by Crippen LogP contribution is -2.11. The summed E-state index contributed by atoms with van der Waals surface area (Å²) in [6.45, 7) is 4.73. The summed E-state index contributed by atoms with van der Waals surface area (Å²) >= 11 is 0. The largest absolute Gasteiger partial charge is 0.493 e. The standard InChI is InChI=1S/C19H19N3O3/c1-12(2)10-25-17-6-4-3-5-14(17)18-21-16-8-7-13(20-11-23)9-15(16)19(24)22-18/h3-9,11-12H,10H2,1-2H3,(H,20,23)(H,21,22,24). The van der Waals surface area contributed by atoms with Gasteiger partial charge in [-0.25, -0.2) is 4.98 Å². The van der Waals surface area contributed by atoms with Crippen LogP contribution >= 0.6 is 0 Å². The fraction of sp³-hybridized carbons (Fsp3) is 0.211. The number of carbonyl (C=O) groups excluding carboxylic acids is 1. The molecular weight excluding hydrogens is 318 g/mol. The molecule has 0 unspecified atom stereocenters. The molecule has 0 aliphatic carbocycles. The molecule has 1 aromatic heterocycles. The molecule has 3 rings (SSSR count). The number of para-hydroxylation sites is 1. The zero-order chi connectivity index (χ0) is 17.8. The van der Waals surface area contributed by atoms with E-state index in [9.17, 15) is 9.59 Å². The molecule has 2 N–H and O–H groups in total. The maximum absolute atomic E-state index is 12.5. The van der Waals surface area contributed by atoms with Crippen molar-refractivity contribution in [3.63, 3.8) is 0 Å². The Labute approximate surface area is 144 Å². The number of hydrogen-bond acceptors (Lipinski definition) is 4. The summed E-state index contributed by atoms with van der Waals surface area (Å²) in [5, 5.41) is 2.94. The number of hydrogen-bond donors (Lipinski definition) is 2. The number of fused-ring (bicyclic) bond motifs is 1. The number of nitrogens with one attached hydrogen (secondary N) is 2. The molecule has 3 aromatic rings. The minimum Gasteiger partial charge on any atom is -0.493 e. The topological polar surface area (TPSA) is 84.1 Å². The first-order valence-electron chi connectivity index (χ1n) is 8.05. The van der Waals surface area contributed by atoms with E-state index in [1.165, 1.54) is 0 Å². The molecule has 0 atom stereocenters. The molecule has 6 nitrogen and oxygen atoms in total. The van der Waals surface area contributed by atoms with Gasteiger partial charge in [-0.3, -0.25) is 9.59 Å². The van der Waals surface area contributed by atoms with Gasteiger partial charge in [0.05, 0.1) is 23.1 Å². The highest BCUT2D eigenvalue weighted by atomic mass is 16.5. The molecule has 2 aromatic carbocycles. The van der Waals surface area contributed by atoms with Crippen molar-refractivity contribution >= 4 is 23.0 Å². The lowest BCUT2D eigenvalue weighted by Gasteiger charge is -2.13. The molecule has 1 amide bonds. The summed E-state index contributed by atoms with van der Waals surface area (Å²) in [5.74, 6) is 1.52. The number of H-pyrrole nitrogens is 1. The van der Waals surface area contributed by atoms with E-state index < -0.39 is 0 Å². The fourth-order valence-corrected chi connectivity index (χ4v) is 2.47. The molecule has 0 spiro atoms. The molecule has 0 fully saturated rings. The Hall–Kier alpha value is -3.15. The smallest absolute Gasteiger partial charge is 0.259 e. The van der Waals surface area contributed by atoms with Crippen molar-refractivity contribution in [1.82, 2.24) is 9.97 Å². The number of amides is 1. The summed E-state index contributed by atoms with van der Waals surface area (Å²) in [6, 6.07) is 12.5. The van der Waals surface area contributed by atoms with Gasteiger partial charge in [0.1, 0.15) is 11.6 Å². The van der Waals surface area contributed by atoms with Gasteiger partial charge in [-0.15, -0.1) is 0 Å². The van der Waals surface area contributed by atoms with E-state index in [4.69, 9.17) is 4.74 Å². The van der Waals surface area contributed by atoms with Crippen molar-refractivity contribution in [1.29, 1.82) is 0 Å². The first-order valence-corrected chi connectivity index (χ1v) is 8.05. The molecule has 1 heterocycles. The fourth-order valence-electron chi connectivity index (χ4n) is 2.47. The van der Waals surface area contributed by atoms with Gasteiger partial charge in [0.25, 0.3) is 5.56 Å². The Kier molecular flexibility index (Phi) is 4.79. The lowest BCUT2D eigenvalue weighted by atomic mass is 10.1. The number of carbonyl (C=O) groups is 1. The average molecular weight is 337 g/mol. The molecule has 0 aliphatic heterocycles. The average Bonchev–Trinajstić information content (AvgIpc) is 2.61. The van der Waals surface area contributed by atoms with Gasteiger partial charge in [-0.1, -0.05) is 26.0 Å². The van der Waals surface area contributed by atoms with Crippen LogP contribution in [-0.4, -0.2) is 23.0 Å². The molecule has 0 bridgehead atoms. The monoisotopic (exact) mass is 337 g/mol. The number of rotatable bonds is 6. The second kappa shape index (κ2) is 7.17. The van der Waals surface area contributed by atoms with E-state index in [0.29, 0.717) is 47.1 Å². The van der Waals surface area contributed by atoms with Crippen LogP contribution in [-0.2, 0) is 4.79 Å². The SMILES string of the molecule is CC(C)COc1ccccc1-c1nc2ccc(NC=O)cc2c(=O)[nH]1. The van der Waals surface area contributed by atoms with E-state index >= 15 is 0 Å². The molecule has 6 heteroatoms.